The molecule has 0 saturated carbocycles. The molecule has 184 valence electrons. The molecule has 0 radical (unpaired) electrons. The van der Waals surface area contributed by atoms with Crippen LogP contribution in [0.25, 0.3) is 49.4 Å². The highest BCUT2D eigenvalue weighted by Crippen LogP contribution is 2.42. The van der Waals surface area contributed by atoms with Crippen molar-refractivity contribution in [2.24, 2.45) is 0 Å². The van der Waals surface area contributed by atoms with E-state index in [0.29, 0.717) is 0 Å². The lowest BCUT2D eigenvalue weighted by atomic mass is 9.34. The lowest BCUT2D eigenvalue weighted by Gasteiger charge is -2.40. The smallest absolute Gasteiger partial charge is 0.252 e. The van der Waals surface area contributed by atoms with E-state index in [1.54, 1.807) is 0 Å². The number of nitrogens with zero attached hydrogens (tertiary/aromatic N) is 2. The first-order chi connectivity index (χ1) is 19.9. The number of para-hydroxylation sites is 4. The van der Waals surface area contributed by atoms with Crippen molar-refractivity contribution < 1.29 is 4.42 Å². The molecule has 10 rings (SSSR count). The summed E-state index contributed by atoms with van der Waals surface area (Å²) in [5, 5.41) is 4.89. The highest BCUT2D eigenvalue weighted by molar-refractivity contribution is 7.00. The largest absolute Gasteiger partial charge is 0.456 e. The van der Waals surface area contributed by atoms with Gasteiger partial charge in [0.15, 0.2) is 0 Å². The van der Waals surface area contributed by atoms with Gasteiger partial charge < -0.3 is 13.9 Å². The van der Waals surface area contributed by atoms with Gasteiger partial charge in [0.25, 0.3) is 6.71 Å². The molecule has 0 spiro atoms. The summed E-state index contributed by atoms with van der Waals surface area (Å²) in [7, 11) is 0. The summed E-state index contributed by atoms with van der Waals surface area (Å²) in [5.74, 6) is 0. The van der Waals surface area contributed by atoms with Crippen LogP contribution < -0.4 is 21.3 Å². The molecular weight excluding hydrogens is 487 g/mol. The fourth-order valence-corrected chi connectivity index (χ4v) is 7.42. The second-order valence-corrected chi connectivity index (χ2v) is 10.9. The van der Waals surface area contributed by atoms with Crippen LogP contribution in [0, 0.1) is 0 Å². The summed E-state index contributed by atoms with van der Waals surface area (Å²) in [6.07, 6.45) is 0. The van der Waals surface area contributed by atoms with Crippen molar-refractivity contribution in [2.75, 3.05) is 4.90 Å². The Labute approximate surface area is 230 Å². The van der Waals surface area contributed by atoms with Crippen LogP contribution in [0.2, 0.25) is 0 Å². The molecule has 0 saturated heterocycles. The molecule has 6 aromatic carbocycles. The third kappa shape index (κ3) is 2.43. The molecule has 0 unspecified atom stereocenters. The molecule has 0 atom stereocenters. The van der Waals surface area contributed by atoms with E-state index in [9.17, 15) is 0 Å². The van der Waals surface area contributed by atoms with E-state index < -0.39 is 0 Å². The first kappa shape index (κ1) is 20.7. The van der Waals surface area contributed by atoms with Crippen LogP contribution in [-0.4, -0.2) is 11.3 Å². The molecule has 2 aliphatic rings. The van der Waals surface area contributed by atoms with Crippen LogP contribution in [0.3, 0.4) is 0 Å². The van der Waals surface area contributed by atoms with Crippen LogP contribution in [0.15, 0.2) is 132 Å². The zero-order chi connectivity index (χ0) is 25.9. The van der Waals surface area contributed by atoms with Crippen molar-refractivity contribution in [3.05, 3.63) is 127 Å². The maximum Gasteiger partial charge on any atom is 0.252 e. The molecule has 0 aliphatic carbocycles. The van der Waals surface area contributed by atoms with Gasteiger partial charge in [-0.3, -0.25) is 0 Å². The van der Waals surface area contributed by atoms with E-state index in [0.717, 1.165) is 16.6 Å². The number of aromatic nitrogens is 1. The predicted molar refractivity (Wildman–Crippen MR) is 167 cm³/mol. The minimum Gasteiger partial charge on any atom is -0.456 e. The standard InChI is InChI=1S/C36H21BN2O/c1-2-10-22(11-3-1)38-29-16-6-5-14-27(29)37-28-15-8-13-24-25-20-26-23-12-4-7-19-33(23)40-34(26)21-32(25)39(36(24)28)31-18-9-17-30(38)35(31)37/h1-21H. The van der Waals surface area contributed by atoms with Crippen LogP contribution in [-0.2, 0) is 0 Å². The molecule has 40 heavy (non-hydrogen) atoms. The molecule has 0 bridgehead atoms. The summed E-state index contributed by atoms with van der Waals surface area (Å²) >= 11 is 0. The SMILES string of the molecule is c1ccc(N2c3ccccc3B3c4c2cccc4-n2c4cc5oc6ccccc6c5cc4c4cccc3c42)cc1. The first-order valence-electron chi connectivity index (χ1n) is 13.8. The van der Waals surface area contributed by atoms with E-state index in [2.05, 4.69) is 131 Å². The fraction of sp³-hybridized carbons (Fsp3) is 0. The van der Waals surface area contributed by atoms with Crippen molar-refractivity contribution in [1.82, 2.24) is 4.57 Å². The fourth-order valence-electron chi connectivity index (χ4n) is 7.42. The summed E-state index contributed by atoms with van der Waals surface area (Å²) in [6, 6.07) is 46.2. The zero-order valence-electron chi connectivity index (χ0n) is 21.5. The minimum atomic E-state index is 0.159. The van der Waals surface area contributed by atoms with E-state index in [1.807, 2.05) is 6.07 Å². The third-order valence-electron chi connectivity index (χ3n) is 8.96. The van der Waals surface area contributed by atoms with E-state index >= 15 is 0 Å². The molecule has 4 heteroatoms. The number of anilines is 3. The molecule has 0 fully saturated rings. The average Bonchev–Trinajstić information content (AvgIpc) is 3.54. The van der Waals surface area contributed by atoms with Gasteiger partial charge in [0.1, 0.15) is 11.2 Å². The Balaban J connectivity index is 1.38. The van der Waals surface area contributed by atoms with E-state index in [1.165, 1.54) is 66.3 Å². The van der Waals surface area contributed by atoms with Gasteiger partial charge in [0.05, 0.1) is 5.52 Å². The highest BCUT2D eigenvalue weighted by Gasteiger charge is 2.41. The molecular formula is C36H21BN2O. The number of hydrogen-bond donors (Lipinski definition) is 0. The van der Waals surface area contributed by atoms with Crippen LogP contribution in [0.4, 0.5) is 17.1 Å². The lowest BCUT2D eigenvalue weighted by molar-refractivity contribution is 0.669. The quantitative estimate of drug-likeness (QED) is 0.217. The lowest BCUT2D eigenvalue weighted by Crippen LogP contribution is -2.60. The Morgan fingerprint density at radius 1 is 0.500 bits per heavy atom. The van der Waals surface area contributed by atoms with Crippen LogP contribution >= 0.6 is 0 Å². The maximum absolute atomic E-state index is 6.37. The summed E-state index contributed by atoms with van der Waals surface area (Å²) in [4.78, 5) is 2.43. The second-order valence-electron chi connectivity index (χ2n) is 10.9. The second kappa shape index (κ2) is 7.25. The van der Waals surface area contributed by atoms with Gasteiger partial charge in [0, 0.05) is 55.9 Å². The Hall–Kier alpha value is -5.22. The Morgan fingerprint density at radius 2 is 1.23 bits per heavy atom. The summed E-state index contributed by atoms with van der Waals surface area (Å²) in [6.45, 7) is 0.159. The third-order valence-corrected chi connectivity index (χ3v) is 8.96. The number of fused-ring (bicyclic) bond motifs is 10. The summed E-state index contributed by atoms with van der Waals surface area (Å²) in [5.41, 5.74) is 13.3. The highest BCUT2D eigenvalue weighted by atomic mass is 16.3. The van der Waals surface area contributed by atoms with Crippen LogP contribution in [0.1, 0.15) is 0 Å². The van der Waals surface area contributed by atoms with Crippen molar-refractivity contribution in [1.29, 1.82) is 0 Å². The van der Waals surface area contributed by atoms with Gasteiger partial charge in [-0.2, -0.15) is 0 Å². The van der Waals surface area contributed by atoms with Gasteiger partial charge in [0.2, 0.25) is 0 Å². The first-order valence-corrected chi connectivity index (χ1v) is 13.8. The molecule has 2 aromatic heterocycles. The topological polar surface area (TPSA) is 21.3 Å². The average molecular weight is 508 g/mol. The van der Waals surface area contributed by atoms with Gasteiger partial charge >= 0.3 is 0 Å². The summed E-state index contributed by atoms with van der Waals surface area (Å²) < 4.78 is 8.85. The Kier molecular flexibility index (Phi) is 3.75. The monoisotopic (exact) mass is 508 g/mol. The van der Waals surface area contributed by atoms with Crippen molar-refractivity contribution in [3.8, 4) is 5.69 Å². The molecule has 0 N–H and O–H groups in total. The van der Waals surface area contributed by atoms with Crippen molar-refractivity contribution >= 4 is 83.9 Å². The minimum absolute atomic E-state index is 0.159. The van der Waals surface area contributed by atoms with Gasteiger partial charge in [-0.15, -0.1) is 0 Å². The van der Waals surface area contributed by atoms with Gasteiger partial charge in [-0.25, -0.2) is 0 Å². The number of furan rings is 1. The number of rotatable bonds is 1. The Morgan fingerprint density at radius 3 is 2.17 bits per heavy atom. The Bertz CT molecular complexity index is 2350. The maximum atomic E-state index is 6.37. The predicted octanol–water partition coefficient (Wildman–Crippen LogP) is 7.30. The molecule has 4 heterocycles. The molecule has 0 amide bonds. The zero-order valence-corrected chi connectivity index (χ0v) is 21.5. The van der Waals surface area contributed by atoms with E-state index in [4.69, 9.17) is 4.42 Å². The molecule has 2 aliphatic heterocycles. The van der Waals surface area contributed by atoms with Crippen molar-refractivity contribution in [2.45, 2.75) is 0 Å². The van der Waals surface area contributed by atoms with Gasteiger partial charge in [-0.1, -0.05) is 78.9 Å². The normalized spacial score (nSPS) is 13.4. The molecule has 8 aromatic rings. The molecule has 3 nitrogen and oxygen atoms in total. The number of hydrogen-bond acceptors (Lipinski definition) is 2. The van der Waals surface area contributed by atoms with Gasteiger partial charge in [-0.05, 0) is 58.9 Å². The number of benzene rings is 6. The van der Waals surface area contributed by atoms with Crippen molar-refractivity contribution in [3.63, 3.8) is 0 Å². The van der Waals surface area contributed by atoms with Crippen LogP contribution in [0.5, 0.6) is 0 Å². The van der Waals surface area contributed by atoms with E-state index in [-0.39, 0.29) is 6.71 Å².